The lowest BCUT2D eigenvalue weighted by Crippen LogP contribution is -2.55. The third-order valence-corrected chi connectivity index (χ3v) is 6.75. The maximum Gasteiger partial charge on any atom is 0.222 e. The van der Waals surface area contributed by atoms with E-state index < -0.39 is 5.82 Å². The molecule has 4 heterocycles. The highest BCUT2D eigenvalue weighted by atomic mass is 19.1. The van der Waals surface area contributed by atoms with Gasteiger partial charge in [0.1, 0.15) is 11.6 Å². The number of amides is 1. The molecule has 3 atom stereocenters. The van der Waals surface area contributed by atoms with Crippen LogP contribution in [0.5, 0.6) is 0 Å². The van der Waals surface area contributed by atoms with E-state index in [1.54, 1.807) is 31.5 Å². The van der Waals surface area contributed by atoms with Crippen molar-refractivity contribution in [3.63, 3.8) is 0 Å². The maximum absolute atomic E-state index is 14.7. The fraction of sp³-hybridized carbons (Fsp3) is 0.360. The van der Waals surface area contributed by atoms with E-state index in [0.29, 0.717) is 5.56 Å². The largest absolute Gasteiger partial charge is 0.378 e. The van der Waals surface area contributed by atoms with E-state index in [1.807, 2.05) is 24.0 Å². The van der Waals surface area contributed by atoms with Gasteiger partial charge in [-0.25, -0.2) is 14.2 Å². The zero-order valence-corrected chi connectivity index (χ0v) is 18.6. The summed E-state index contributed by atoms with van der Waals surface area (Å²) in [5, 5.41) is 4.29. The van der Waals surface area contributed by atoms with E-state index in [4.69, 9.17) is 6.57 Å². The molecule has 168 valence electrons. The fourth-order valence-corrected chi connectivity index (χ4v) is 5.21. The SMILES string of the molecule is [C-]#[N+]c1cccc([C@@H](C)Nc2ccnc3cnc(N4CC5CCC(C4)N5C(C)=O)cc23)c1F. The predicted octanol–water partition coefficient (Wildman–Crippen LogP) is 4.69. The van der Waals surface area contributed by atoms with E-state index in [1.165, 1.54) is 6.07 Å². The second-order valence-corrected chi connectivity index (χ2v) is 8.79. The minimum Gasteiger partial charge on any atom is -0.378 e. The number of hydrogen-bond donors (Lipinski definition) is 1. The normalized spacial score (nSPS) is 20.5. The van der Waals surface area contributed by atoms with Crippen molar-refractivity contribution in [3.05, 3.63) is 65.5 Å². The molecule has 2 aromatic heterocycles. The smallest absolute Gasteiger partial charge is 0.222 e. The minimum atomic E-state index is -0.493. The average molecular weight is 445 g/mol. The standard InChI is InChI=1S/C25H25FN6O/c1-15(19-5-4-6-22(27-3)25(19)26)30-21-9-10-28-23-12-29-24(11-20(21)23)31-13-17-7-8-18(14-31)32(17)16(2)33/h4-6,9-12,15,17-18H,7-8,13-14H2,1-2H3,(H,28,30)/t15-,17?,18?/m1/s1. The molecule has 2 fully saturated rings. The second-order valence-electron chi connectivity index (χ2n) is 8.79. The molecule has 2 saturated heterocycles. The van der Waals surface area contributed by atoms with Crippen molar-refractivity contribution in [3.8, 4) is 0 Å². The lowest BCUT2D eigenvalue weighted by Gasteiger charge is -2.41. The monoisotopic (exact) mass is 444 g/mol. The topological polar surface area (TPSA) is 65.7 Å². The highest BCUT2D eigenvalue weighted by Crippen LogP contribution is 2.35. The van der Waals surface area contributed by atoms with Gasteiger partial charge >= 0.3 is 0 Å². The fourth-order valence-electron chi connectivity index (χ4n) is 5.21. The van der Waals surface area contributed by atoms with Gasteiger partial charge in [0.25, 0.3) is 0 Å². The lowest BCUT2D eigenvalue weighted by atomic mass is 10.1. The Morgan fingerprint density at radius 1 is 1.24 bits per heavy atom. The molecule has 0 saturated carbocycles. The maximum atomic E-state index is 14.7. The zero-order chi connectivity index (χ0) is 23.1. The Bertz CT molecular complexity index is 1260. The summed E-state index contributed by atoms with van der Waals surface area (Å²) in [6.45, 7) is 12.2. The number of rotatable bonds is 4. The van der Waals surface area contributed by atoms with E-state index in [9.17, 15) is 9.18 Å². The van der Waals surface area contributed by atoms with Crippen LogP contribution >= 0.6 is 0 Å². The van der Waals surface area contributed by atoms with Crippen molar-refractivity contribution in [1.82, 2.24) is 14.9 Å². The van der Waals surface area contributed by atoms with E-state index >= 15 is 0 Å². The summed E-state index contributed by atoms with van der Waals surface area (Å²) < 4.78 is 14.7. The summed E-state index contributed by atoms with van der Waals surface area (Å²) in [5.74, 6) is 0.507. The Hall–Kier alpha value is -3.73. The number of aromatic nitrogens is 2. The van der Waals surface area contributed by atoms with Crippen LogP contribution in [-0.4, -0.2) is 45.9 Å². The number of hydrogen-bond acceptors (Lipinski definition) is 5. The lowest BCUT2D eigenvalue weighted by molar-refractivity contribution is -0.132. The van der Waals surface area contributed by atoms with Crippen LogP contribution in [0.2, 0.25) is 0 Å². The van der Waals surface area contributed by atoms with E-state index in [2.05, 4.69) is 25.0 Å². The number of nitrogens with one attached hydrogen (secondary N) is 1. The van der Waals surface area contributed by atoms with Crippen LogP contribution in [0, 0.1) is 12.4 Å². The number of halogens is 1. The highest BCUT2D eigenvalue weighted by molar-refractivity contribution is 5.92. The molecular formula is C25H25FN6O. The Morgan fingerprint density at radius 2 is 2.00 bits per heavy atom. The molecule has 2 unspecified atom stereocenters. The van der Waals surface area contributed by atoms with E-state index in [0.717, 1.165) is 48.3 Å². The second kappa shape index (κ2) is 8.32. The number of pyridine rings is 2. The molecule has 3 aromatic rings. The Kier molecular flexibility index (Phi) is 5.33. The van der Waals surface area contributed by atoms with E-state index in [-0.39, 0.29) is 29.7 Å². The van der Waals surface area contributed by atoms with Gasteiger partial charge in [-0.3, -0.25) is 9.78 Å². The van der Waals surface area contributed by atoms with Gasteiger partial charge in [0.15, 0.2) is 0 Å². The van der Waals surface area contributed by atoms with Crippen molar-refractivity contribution in [1.29, 1.82) is 0 Å². The third-order valence-electron chi connectivity index (χ3n) is 6.75. The van der Waals surface area contributed by atoms with Crippen molar-refractivity contribution in [2.24, 2.45) is 0 Å². The first-order valence-corrected chi connectivity index (χ1v) is 11.2. The van der Waals surface area contributed by atoms with Gasteiger partial charge in [0.05, 0.1) is 24.3 Å². The number of carbonyl (C=O) groups excluding carboxylic acids is 1. The summed E-state index contributed by atoms with van der Waals surface area (Å²) in [6.07, 6.45) is 5.52. The summed E-state index contributed by atoms with van der Waals surface area (Å²) in [4.78, 5) is 28.7. The zero-order valence-electron chi connectivity index (χ0n) is 18.6. The first-order valence-electron chi connectivity index (χ1n) is 11.2. The molecule has 0 aliphatic carbocycles. The van der Waals surface area contributed by atoms with Crippen LogP contribution in [0.1, 0.15) is 38.3 Å². The van der Waals surface area contributed by atoms with Crippen LogP contribution in [0.4, 0.5) is 21.6 Å². The number of benzene rings is 1. The molecule has 1 N–H and O–H groups in total. The summed E-state index contributed by atoms with van der Waals surface area (Å²) >= 11 is 0. The number of anilines is 2. The van der Waals surface area contributed by atoms with Gasteiger partial charge in [-0.2, -0.15) is 0 Å². The van der Waals surface area contributed by atoms with Crippen molar-refractivity contribution < 1.29 is 9.18 Å². The van der Waals surface area contributed by atoms with Gasteiger partial charge in [-0.1, -0.05) is 18.2 Å². The number of piperazine rings is 1. The molecule has 33 heavy (non-hydrogen) atoms. The molecule has 0 radical (unpaired) electrons. The van der Waals surface area contributed by atoms with Gasteiger partial charge in [0.2, 0.25) is 11.6 Å². The highest BCUT2D eigenvalue weighted by Gasteiger charge is 2.41. The number of nitrogens with zero attached hydrogens (tertiary/aromatic N) is 5. The Balaban J connectivity index is 1.44. The van der Waals surface area contributed by atoms with Gasteiger partial charge in [-0.15, -0.1) is 0 Å². The molecule has 1 aromatic carbocycles. The molecular weight excluding hydrogens is 419 g/mol. The molecule has 0 spiro atoms. The van der Waals surface area contributed by atoms with Crippen LogP contribution in [-0.2, 0) is 4.79 Å². The first-order chi connectivity index (χ1) is 16.0. The molecule has 7 nitrogen and oxygen atoms in total. The quantitative estimate of drug-likeness (QED) is 0.592. The summed E-state index contributed by atoms with van der Waals surface area (Å²) in [6, 6.07) is 8.88. The molecule has 2 aliphatic heterocycles. The van der Waals surface area contributed by atoms with Crippen molar-refractivity contribution in [2.75, 3.05) is 23.3 Å². The predicted molar refractivity (Wildman–Crippen MR) is 126 cm³/mol. The number of carbonyl (C=O) groups is 1. The Labute approximate surface area is 192 Å². The third kappa shape index (κ3) is 3.74. The first kappa shape index (κ1) is 21.1. The molecule has 1 amide bonds. The van der Waals surface area contributed by atoms with Gasteiger partial charge in [-0.05, 0) is 37.5 Å². The average Bonchev–Trinajstić information content (AvgIpc) is 3.09. The Morgan fingerprint density at radius 3 is 2.70 bits per heavy atom. The molecule has 8 heteroatoms. The van der Waals surface area contributed by atoms with Crippen LogP contribution < -0.4 is 10.2 Å². The summed E-state index contributed by atoms with van der Waals surface area (Å²) in [5.41, 5.74) is 2.04. The van der Waals surface area contributed by atoms with Crippen LogP contribution in [0.3, 0.4) is 0 Å². The molecule has 2 bridgehead atoms. The van der Waals surface area contributed by atoms with Crippen LogP contribution in [0.15, 0.2) is 42.7 Å². The van der Waals surface area contributed by atoms with Gasteiger partial charge < -0.3 is 15.1 Å². The molecule has 2 aliphatic rings. The minimum absolute atomic E-state index is 0.0200. The summed E-state index contributed by atoms with van der Waals surface area (Å²) in [7, 11) is 0. The van der Waals surface area contributed by atoms with Crippen LogP contribution in [0.25, 0.3) is 15.7 Å². The van der Waals surface area contributed by atoms with Crippen molar-refractivity contribution >= 4 is 34.0 Å². The molecule has 5 rings (SSSR count). The number of fused-ring (bicyclic) bond motifs is 3. The van der Waals surface area contributed by atoms with Crippen molar-refractivity contribution in [2.45, 2.75) is 44.8 Å². The van der Waals surface area contributed by atoms with Gasteiger partial charge in [0, 0.05) is 49.4 Å².